The minimum atomic E-state index is -0.829. The molecular formula is C17H19F2N5O. The molecule has 0 saturated carbocycles. The molecule has 3 rings (SSSR count). The van der Waals surface area contributed by atoms with Gasteiger partial charge in [-0.1, -0.05) is 0 Å². The van der Waals surface area contributed by atoms with Crippen molar-refractivity contribution in [2.75, 3.05) is 23.3 Å². The van der Waals surface area contributed by atoms with Gasteiger partial charge in [-0.2, -0.15) is 0 Å². The minimum Gasteiger partial charge on any atom is -0.341 e. The summed E-state index contributed by atoms with van der Waals surface area (Å²) in [6.45, 7) is 3.92. The first-order valence-corrected chi connectivity index (χ1v) is 8.11. The fourth-order valence-corrected chi connectivity index (χ4v) is 2.69. The van der Waals surface area contributed by atoms with Crippen LogP contribution in [0, 0.1) is 18.6 Å². The fraction of sp³-hybridized carbons (Fsp3) is 0.353. The molecule has 6 nitrogen and oxygen atoms in total. The van der Waals surface area contributed by atoms with Gasteiger partial charge in [0.1, 0.15) is 11.6 Å². The van der Waals surface area contributed by atoms with E-state index in [1.807, 2.05) is 6.92 Å². The molecule has 2 heterocycles. The molecule has 1 fully saturated rings. The molecule has 2 amide bonds. The van der Waals surface area contributed by atoms with Gasteiger partial charge in [-0.05, 0) is 38.0 Å². The van der Waals surface area contributed by atoms with Crippen LogP contribution in [0.2, 0.25) is 0 Å². The second kappa shape index (κ2) is 7.42. The molecule has 2 aromatic rings. The zero-order chi connectivity index (χ0) is 17.8. The molecule has 0 atom stereocenters. The Morgan fingerprint density at radius 1 is 1.20 bits per heavy atom. The second-order valence-corrected chi connectivity index (χ2v) is 5.93. The lowest BCUT2D eigenvalue weighted by Gasteiger charge is -2.16. The van der Waals surface area contributed by atoms with Crippen LogP contribution in [0.1, 0.15) is 24.2 Å². The van der Waals surface area contributed by atoms with Crippen LogP contribution in [0.4, 0.5) is 25.2 Å². The summed E-state index contributed by atoms with van der Waals surface area (Å²) in [4.78, 5) is 22.9. The van der Waals surface area contributed by atoms with Gasteiger partial charge in [-0.3, -0.25) is 0 Å². The number of nitrogens with one attached hydrogen (secondary N) is 2. The van der Waals surface area contributed by atoms with Crippen molar-refractivity contribution < 1.29 is 13.6 Å². The van der Waals surface area contributed by atoms with E-state index >= 15 is 0 Å². The van der Waals surface area contributed by atoms with Gasteiger partial charge in [0.05, 0.1) is 17.9 Å². The molecule has 1 saturated heterocycles. The van der Waals surface area contributed by atoms with Crippen LogP contribution in [-0.4, -0.2) is 29.1 Å². The van der Waals surface area contributed by atoms with Crippen LogP contribution >= 0.6 is 0 Å². The van der Waals surface area contributed by atoms with Gasteiger partial charge in [0.15, 0.2) is 0 Å². The summed E-state index contributed by atoms with van der Waals surface area (Å²) < 4.78 is 26.4. The standard InChI is InChI=1S/C17H19F2N5O/c1-11-8-13(22-16(21-11)24-6-2-3-7-24)10-20-17(25)23-15-5-4-12(18)9-14(15)19/h4-5,8-9H,2-3,6-7,10H2,1H3,(H2,20,23,25). The number of carbonyl (C=O) groups is 1. The second-order valence-electron chi connectivity index (χ2n) is 5.93. The minimum absolute atomic E-state index is 0.0875. The Bertz CT molecular complexity index is 778. The third-order valence-electron chi connectivity index (χ3n) is 3.89. The smallest absolute Gasteiger partial charge is 0.319 e. The molecule has 0 aliphatic carbocycles. The van der Waals surface area contributed by atoms with Gasteiger partial charge in [-0.25, -0.2) is 23.5 Å². The number of nitrogens with zero attached hydrogens (tertiary/aromatic N) is 3. The third-order valence-corrected chi connectivity index (χ3v) is 3.89. The summed E-state index contributed by atoms with van der Waals surface area (Å²) in [5, 5.41) is 4.96. The molecule has 25 heavy (non-hydrogen) atoms. The van der Waals surface area contributed by atoms with Crippen molar-refractivity contribution in [2.24, 2.45) is 0 Å². The van der Waals surface area contributed by atoms with Crippen molar-refractivity contribution >= 4 is 17.7 Å². The van der Waals surface area contributed by atoms with E-state index in [1.54, 1.807) is 6.07 Å². The molecule has 0 bridgehead atoms. The molecule has 132 valence electrons. The molecule has 1 aromatic carbocycles. The van der Waals surface area contributed by atoms with Crippen molar-refractivity contribution in [3.8, 4) is 0 Å². The molecule has 0 unspecified atom stereocenters. The highest BCUT2D eigenvalue weighted by molar-refractivity contribution is 5.89. The summed E-state index contributed by atoms with van der Waals surface area (Å²) in [5.74, 6) is -0.863. The summed E-state index contributed by atoms with van der Waals surface area (Å²) in [6.07, 6.45) is 2.24. The molecule has 0 spiro atoms. The van der Waals surface area contributed by atoms with E-state index in [0.717, 1.165) is 37.7 Å². The highest BCUT2D eigenvalue weighted by Gasteiger charge is 2.16. The number of benzene rings is 1. The Kier molecular flexibility index (Phi) is 5.06. The molecule has 2 N–H and O–H groups in total. The number of aromatic nitrogens is 2. The number of aryl methyl sites for hydroxylation is 1. The number of halogens is 2. The lowest BCUT2D eigenvalue weighted by atomic mass is 10.3. The lowest BCUT2D eigenvalue weighted by Crippen LogP contribution is -2.29. The Morgan fingerprint density at radius 2 is 1.96 bits per heavy atom. The van der Waals surface area contributed by atoms with E-state index in [4.69, 9.17) is 0 Å². The molecule has 0 radical (unpaired) electrons. The zero-order valence-electron chi connectivity index (χ0n) is 13.9. The SMILES string of the molecule is Cc1cc(CNC(=O)Nc2ccc(F)cc2F)nc(N2CCCC2)n1. The van der Waals surface area contributed by atoms with Crippen molar-refractivity contribution in [3.63, 3.8) is 0 Å². The number of urea groups is 1. The normalized spacial score (nSPS) is 13.8. The van der Waals surface area contributed by atoms with Gasteiger partial charge >= 0.3 is 6.03 Å². The number of rotatable bonds is 4. The van der Waals surface area contributed by atoms with E-state index in [9.17, 15) is 13.6 Å². The largest absolute Gasteiger partial charge is 0.341 e. The van der Waals surface area contributed by atoms with E-state index < -0.39 is 17.7 Å². The summed E-state index contributed by atoms with van der Waals surface area (Å²) >= 11 is 0. The number of anilines is 2. The van der Waals surface area contributed by atoms with Gasteiger partial charge in [0, 0.05) is 24.8 Å². The average molecular weight is 347 g/mol. The number of amides is 2. The Balaban J connectivity index is 1.61. The van der Waals surface area contributed by atoms with Crippen molar-refractivity contribution in [1.29, 1.82) is 0 Å². The van der Waals surface area contributed by atoms with Crippen LogP contribution in [0.3, 0.4) is 0 Å². The van der Waals surface area contributed by atoms with Crippen LogP contribution < -0.4 is 15.5 Å². The van der Waals surface area contributed by atoms with Gasteiger partial charge < -0.3 is 15.5 Å². The maximum absolute atomic E-state index is 13.5. The van der Waals surface area contributed by atoms with E-state index in [0.29, 0.717) is 17.7 Å². The molecule has 1 aliphatic heterocycles. The number of carbonyl (C=O) groups excluding carboxylic acids is 1. The maximum Gasteiger partial charge on any atom is 0.319 e. The zero-order valence-corrected chi connectivity index (χ0v) is 13.9. The average Bonchev–Trinajstić information content (AvgIpc) is 3.10. The first kappa shape index (κ1) is 17.1. The van der Waals surface area contributed by atoms with E-state index in [-0.39, 0.29) is 12.2 Å². The van der Waals surface area contributed by atoms with E-state index in [1.165, 1.54) is 6.07 Å². The monoisotopic (exact) mass is 347 g/mol. The van der Waals surface area contributed by atoms with Crippen LogP contribution in [0.25, 0.3) is 0 Å². The van der Waals surface area contributed by atoms with Gasteiger partial charge in [0.25, 0.3) is 0 Å². The lowest BCUT2D eigenvalue weighted by molar-refractivity contribution is 0.251. The predicted molar refractivity (Wildman–Crippen MR) is 90.4 cm³/mol. The Labute approximate surface area is 144 Å². The molecule has 1 aromatic heterocycles. The van der Waals surface area contributed by atoms with Crippen molar-refractivity contribution in [2.45, 2.75) is 26.3 Å². The van der Waals surface area contributed by atoms with E-state index in [2.05, 4.69) is 25.5 Å². The van der Waals surface area contributed by atoms with Crippen LogP contribution in [0.15, 0.2) is 24.3 Å². The topological polar surface area (TPSA) is 70.2 Å². The van der Waals surface area contributed by atoms with Crippen molar-refractivity contribution in [1.82, 2.24) is 15.3 Å². The molecule has 8 heteroatoms. The summed E-state index contributed by atoms with van der Waals surface area (Å²) in [6, 6.07) is 4.16. The van der Waals surface area contributed by atoms with Gasteiger partial charge in [-0.15, -0.1) is 0 Å². The highest BCUT2D eigenvalue weighted by atomic mass is 19.1. The quantitative estimate of drug-likeness (QED) is 0.892. The van der Waals surface area contributed by atoms with Crippen LogP contribution in [0.5, 0.6) is 0 Å². The fourth-order valence-electron chi connectivity index (χ4n) is 2.69. The summed E-state index contributed by atoms with van der Waals surface area (Å²) in [5.41, 5.74) is 1.40. The Hall–Kier alpha value is -2.77. The predicted octanol–water partition coefficient (Wildman–Crippen LogP) is 2.99. The van der Waals surface area contributed by atoms with Gasteiger partial charge in [0.2, 0.25) is 5.95 Å². The molecule has 1 aliphatic rings. The molecular weight excluding hydrogens is 328 g/mol. The summed E-state index contributed by atoms with van der Waals surface area (Å²) in [7, 11) is 0. The van der Waals surface area contributed by atoms with Crippen LogP contribution in [-0.2, 0) is 6.54 Å². The maximum atomic E-state index is 13.5. The Morgan fingerprint density at radius 3 is 2.68 bits per heavy atom. The highest BCUT2D eigenvalue weighted by Crippen LogP contribution is 2.17. The number of hydrogen-bond acceptors (Lipinski definition) is 4. The van der Waals surface area contributed by atoms with Crippen molar-refractivity contribution in [3.05, 3.63) is 47.3 Å². The first-order chi connectivity index (χ1) is 12.0. The third kappa shape index (κ3) is 4.40. The number of hydrogen-bond donors (Lipinski definition) is 2. The first-order valence-electron chi connectivity index (χ1n) is 8.11.